The Labute approximate surface area is 58.8 Å². The van der Waals surface area contributed by atoms with Crippen LogP contribution in [0, 0.1) is 0 Å². The standard InChI is InChI=1S/C4H11O4P.FH/c1-2-3-4-8-9(5,6)7;/h2-4H2,1H3,(H2,5,6,7);1H. The number of phosphoric acid groups is 1. The minimum Gasteiger partial charge on any atom is -0.303 e. The molecule has 0 fully saturated rings. The second kappa shape index (κ2) is 5.80. The summed E-state index contributed by atoms with van der Waals surface area (Å²) in [5.74, 6) is 0. The quantitative estimate of drug-likeness (QED) is 0.493. The zero-order valence-corrected chi connectivity index (χ0v) is 6.58. The molecule has 0 aliphatic heterocycles. The lowest BCUT2D eigenvalue weighted by Crippen LogP contribution is -1.90. The van der Waals surface area contributed by atoms with Crippen LogP contribution in [0.1, 0.15) is 19.8 Å². The third-order valence-electron chi connectivity index (χ3n) is 0.757. The normalized spacial score (nSPS) is 10.7. The Morgan fingerprint density at radius 3 is 2.30 bits per heavy atom. The number of hydrogen-bond acceptors (Lipinski definition) is 2. The fraction of sp³-hybridized carbons (Fsp3) is 1.00. The first-order valence-corrected chi connectivity index (χ1v) is 4.29. The van der Waals surface area contributed by atoms with Gasteiger partial charge in [0.15, 0.2) is 0 Å². The van der Waals surface area contributed by atoms with Crippen LogP contribution in [0.25, 0.3) is 0 Å². The predicted octanol–water partition coefficient (Wildman–Crippen LogP) is 1.05. The van der Waals surface area contributed by atoms with Crippen molar-refractivity contribution >= 4 is 7.82 Å². The predicted molar refractivity (Wildman–Crippen MR) is 35.4 cm³/mol. The molecule has 0 aromatic carbocycles. The van der Waals surface area contributed by atoms with Crippen LogP contribution in [0.5, 0.6) is 0 Å². The molecule has 0 aromatic rings. The summed E-state index contributed by atoms with van der Waals surface area (Å²) >= 11 is 0. The minimum atomic E-state index is -4.20. The maximum atomic E-state index is 9.98. The number of phosphoric ester groups is 1. The molecule has 10 heavy (non-hydrogen) atoms. The Morgan fingerprint density at radius 1 is 1.50 bits per heavy atom. The Kier molecular flexibility index (Phi) is 7.36. The molecule has 0 saturated carbocycles. The van der Waals surface area contributed by atoms with Gasteiger partial charge in [0, 0.05) is 0 Å². The lowest BCUT2D eigenvalue weighted by atomic mass is 10.4. The zero-order chi connectivity index (χ0) is 7.33. The van der Waals surface area contributed by atoms with Gasteiger partial charge in [-0.3, -0.25) is 9.23 Å². The van der Waals surface area contributed by atoms with Crippen LogP contribution >= 0.6 is 7.82 Å². The summed E-state index contributed by atoms with van der Waals surface area (Å²) in [5, 5.41) is 0. The van der Waals surface area contributed by atoms with Gasteiger partial charge in [-0.05, 0) is 6.42 Å². The van der Waals surface area contributed by atoms with Crippen LogP contribution in [0.3, 0.4) is 0 Å². The highest BCUT2D eigenvalue weighted by atomic mass is 31.2. The molecule has 0 unspecified atom stereocenters. The van der Waals surface area contributed by atoms with Crippen LogP contribution in [0.4, 0.5) is 4.70 Å². The largest absolute Gasteiger partial charge is 0.469 e. The van der Waals surface area contributed by atoms with Gasteiger partial charge in [-0.2, -0.15) is 0 Å². The molecule has 4 nitrogen and oxygen atoms in total. The number of rotatable bonds is 4. The maximum absolute atomic E-state index is 9.98. The van der Waals surface area contributed by atoms with Gasteiger partial charge in [-0.15, -0.1) is 0 Å². The molecular weight excluding hydrogens is 162 g/mol. The molecule has 0 aromatic heterocycles. The van der Waals surface area contributed by atoms with E-state index in [0.29, 0.717) is 6.42 Å². The van der Waals surface area contributed by atoms with Gasteiger partial charge in [0.25, 0.3) is 0 Å². The Balaban J connectivity index is 0. The Morgan fingerprint density at radius 2 is 2.00 bits per heavy atom. The molecule has 0 bridgehead atoms. The molecule has 0 amide bonds. The monoisotopic (exact) mass is 174 g/mol. The van der Waals surface area contributed by atoms with E-state index >= 15 is 0 Å². The van der Waals surface area contributed by atoms with E-state index in [2.05, 4.69) is 4.52 Å². The smallest absolute Gasteiger partial charge is 0.303 e. The van der Waals surface area contributed by atoms with Crippen molar-refractivity contribution in [1.29, 1.82) is 0 Å². The third-order valence-corrected chi connectivity index (χ3v) is 1.28. The first-order valence-electron chi connectivity index (χ1n) is 2.76. The minimum absolute atomic E-state index is 0. The summed E-state index contributed by atoms with van der Waals surface area (Å²) in [6, 6.07) is 0. The molecule has 2 N–H and O–H groups in total. The summed E-state index contributed by atoms with van der Waals surface area (Å²) in [7, 11) is -4.20. The summed E-state index contributed by atoms with van der Waals surface area (Å²) in [4.78, 5) is 16.3. The first-order chi connectivity index (χ1) is 4.06. The van der Waals surface area contributed by atoms with Gasteiger partial charge in [0.2, 0.25) is 0 Å². The van der Waals surface area contributed by atoms with E-state index < -0.39 is 7.82 Å². The fourth-order valence-corrected chi connectivity index (χ4v) is 0.695. The molecule has 0 aliphatic carbocycles. The van der Waals surface area contributed by atoms with Gasteiger partial charge < -0.3 is 9.79 Å². The van der Waals surface area contributed by atoms with E-state index in [0.717, 1.165) is 6.42 Å². The molecule has 0 aliphatic rings. The van der Waals surface area contributed by atoms with Crippen LogP contribution in [-0.4, -0.2) is 16.4 Å². The maximum Gasteiger partial charge on any atom is 0.469 e. The van der Waals surface area contributed by atoms with Crippen molar-refractivity contribution in [3.05, 3.63) is 0 Å². The van der Waals surface area contributed by atoms with E-state index in [1.807, 2.05) is 6.92 Å². The van der Waals surface area contributed by atoms with Crippen LogP contribution in [-0.2, 0) is 9.09 Å². The molecule has 0 atom stereocenters. The van der Waals surface area contributed by atoms with Crippen molar-refractivity contribution in [2.45, 2.75) is 19.8 Å². The Hall–Kier alpha value is 0.0400. The average Bonchev–Trinajstić information content (AvgIpc) is 1.63. The van der Waals surface area contributed by atoms with E-state index in [4.69, 9.17) is 9.79 Å². The molecule has 64 valence electrons. The third kappa shape index (κ3) is 10.9. The SMILES string of the molecule is CCCCOP(=O)(O)O.F. The van der Waals surface area contributed by atoms with Crippen molar-refractivity contribution in [2.24, 2.45) is 0 Å². The first kappa shape index (κ1) is 12.7. The van der Waals surface area contributed by atoms with E-state index in [1.165, 1.54) is 0 Å². The van der Waals surface area contributed by atoms with E-state index in [-0.39, 0.29) is 11.3 Å². The number of halogens is 1. The van der Waals surface area contributed by atoms with Crippen LogP contribution in [0.2, 0.25) is 0 Å². The van der Waals surface area contributed by atoms with Crippen LogP contribution < -0.4 is 0 Å². The van der Waals surface area contributed by atoms with Crippen molar-refractivity contribution < 1.29 is 23.6 Å². The molecule has 6 heteroatoms. The Bertz CT molecular complexity index is 112. The van der Waals surface area contributed by atoms with E-state index in [9.17, 15) is 4.57 Å². The molecule has 0 spiro atoms. The second-order valence-corrected chi connectivity index (χ2v) is 2.92. The van der Waals surface area contributed by atoms with Gasteiger partial charge in [0.05, 0.1) is 6.61 Å². The van der Waals surface area contributed by atoms with Crippen LogP contribution in [0.15, 0.2) is 0 Å². The van der Waals surface area contributed by atoms with Gasteiger partial charge in [-0.1, -0.05) is 13.3 Å². The highest BCUT2D eigenvalue weighted by Crippen LogP contribution is 2.35. The summed E-state index contributed by atoms with van der Waals surface area (Å²) in [6.45, 7) is 2.06. The lowest BCUT2D eigenvalue weighted by Gasteiger charge is -2.02. The van der Waals surface area contributed by atoms with Gasteiger partial charge >= 0.3 is 7.82 Å². The zero-order valence-electron chi connectivity index (χ0n) is 5.69. The number of unbranched alkanes of at least 4 members (excludes halogenated alkanes) is 1. The molecular formula is C4H12FO4P. The average molecular weight is 174 g/mol. The lowest BCUT2D eigenvalue weighted by molar-refractivity contribution is 0.194. The van der Waals surface area contributed by atoms with Gasteiger partial charge in [0.1, 0.15) is 0 Å². The molecule has 0 radical (unpaired) electrons. The summed E-state index contributed by atoms with van der Waals surface area (Å²) < 4.78 is 14.1. The van der Waals surface area contributed by atoms with Crippen molar-refractivity contribution in [3.8, 4) is 0 Å². The van der Waals surface area contributed by atoms with Crippen molar-refractivity contribution in [1.82, 2.24) is 0 Å². The topological polar surface area (TPSA) is 66.8 Å². The molecule has 0 heterocycles. The number of hydrogen-bond donors (Lipinski definition) is 2. The second-order valence-electron chi connectivity index (χ2n) is 1.68. The van der Waals surface area contributed by atoms with Crippen molar-refractivity contribution in [2.75, 3.05) is 6.61 Å². The van der Waals surface area contributed by atoms with Gasteiger partial charge in [-0.25, -0.2) is 4.57 Å². The highest BCUT2D eigenvalue weighted by molar-refractivity contribution is 7.46. The summed E-state index contributed by atoms with van der Waals surface area (Å²) in [5.41, 5.74) is 0. The summed E-state index contributed by atoms with van der Waals surface area (Å²) in [6.07, 6.45) is 1.56. The molecule has 0 saturated heterocycles. The van der Waals surface area contributed by atoms with Crippen molar-refractivity contribution in [3.63, 3.8) is 0 Å². The highest BCUT2D eigenvalue weighted by Gasteiger charge is 2.11. The van der Waals surface area contributed by atoms with E-state index in [1.54, 1.807) is 0 Å². The molecule has 0 rings (SSSR count). The fourth-order valence-electron chi connectivity index (χ4n) is 0.328.